The van der Waals surface area contributed by atoms with Crippen LogP contribution in [0.5, 0.6) is 5.75 Å². The van der Waals surface area contributed by atoms with Crippen molar-refractivity contribution in [3.63, 3.8) is 0 Å². The van der Waals surface area contributed by atoms with Crippen molar-refractivity contribution in [2.75, 3.05) is 33.5 Å². The molecule has 0 amide bonds. The first kappa shape index (κ1) is 14.6. The van der Waals surface area contributed by atoms with Gasteiger partial charge in [-0.25, -0.2) is 4.39 Å². The fraction of sp³-hybridized carbons (Fsp3) is 0.462. The summed E-state index contributed by atoms with van der Waals surface area (Å²) in [6.45, 7) is 2.08. The second-order valence-electron chi connectivity index (χ2n) is 3.65. The van der Waals surface area contributed by atoms with Crippen LogP contribution in [0.25, 0.3) is 0 Å². The highest BCUT2D eigenvalue weighted by atomic mass is 19.1. The molecule has 0 unspecified atom stereocenters. The van der Waals surface area contributed by atoms with Crippen molar-refractivity contribution >= 4 is 6.29 Å². The van der Waals surface area contributed by atoms with Gasteiger partial charge in [0.2, 0.25) is 0 Å². The van der Waals surface area contributed by atoms with Gasteiger partial charge in [-0.2, -0.15) is 0 Å². The number of hydrogen-bond donors (Lipinski definition) is 0. The minimum Gasteiger partial charge on any atom is -0.493 e. The SMILES string of the molecule is COCCOCCCOc1cc(F)cc(C=O)c1. The van der Waals surface area contributed by atoms with Gasteiger partial charge in [-0.05, 0) is 12.1 Å². The summed E-state index contributed by atoms with van der Waals surface area (Å²) in [6.07, 6.45) is 1.28. The van der Waals surface area contributed by atoms with Gasteiger partial charge in [0.05, 0.1) is 19.8 Å². The molecule has 18 heavy (non-hydrogen) atoms. The van der Waals surface area contributed by atoms with Crippen LogP contribution in [0.4, 0.5) is 4.39 Å². The molecule has 0 aromatic heterocycles. The van der Waals surface area contributed by atoms with Crippen LogP contribution in [0.15, 0.2) is 18.2 Å². The molecular formula is C13H17FO4. The zero-order valence-corrected chi connectivity index (χ0v) is 10.4. The minimum absolute atomic E-state index is 0.265. The Labute approximate surface area is 106 Å². The topological polar surface area (TPSA) is 44.8 Å². The molecule has 0 aliphatic rings. The van der Waals surface area contributed by atoms with Gasteiger partial charge in [-0.1, -0.05) is 0 Å². The van der Waals surface area contributed by atoms with Crippen LogP contribution in [0.3, 0.4) is 0 Å². The third-order valence-corrected chi connectivity index (χ3v) is 2.16. The summed E-state index contributed by atoms with van der Waals surface area (Å²) in [5.74, 6) is -0.125. The first-order valence-electron chi connectivity index (χ1n) is 5.71. The average molecular weight is 256 g/mol. The Morgan fingerprint density at radius 1 is 1.17 bits per heavy atom. The predicted octanol–water partition coefficient (Wildman–Crippen LogP) is 2.07. The Morgan fingerprint density at radius 3 is 2.72 bits per heavy atom. The Kier molecular flexibility index (Phi) is 6.98. The average Bonchev–Trinajstić information content (AvgIpc) is 2.37. The van der Waals surface area contributed by atoms with Crippen LogP contribution in [0, 0.1) is 5.82 Å². The van der Waals surface area contributed by atoms with Crippen molar-refractivity contribution in [1.29, 1.82) is 0 Å². The fourth-order valence-electron chi connectivity index (χ4n) is 1.33. The van der Waals surface area contributed by atoms with Crippen LogP contribution < -0.4 is 4.74 Å². The minimum atomic E-state index is -0.481. The summed E-state index contributed by atoms with van der Waals surface area (Å²) >= 11 is 0. The van der Waals surface area contributed by atoms with E-state index in [0.29, 0.717) is 44.9 Å². The van der Waals surface area contributed by atoms with E-state index in [1.165, 1.54) is 12.1 Å². The number of carbonyl (C=O) groups excluding carboxylic acids is 1. The van der Waals surface area contributed by atoms with Gasteiger partial charge in [-0.3, -0.25) is 4.79 Å². The van der Waals surface area contributed by atoms with Crippen LogP contribution in [-0.2, 0) is 9.47 Å². The maximum atomic E-state index is 13.1. The van der Waals surface area contributed by atoms with Gasteiger partial charge in [0, 0.05) is 31.8 Å². The molecule has 0 atom stereocenters. The number of rotatable bonds is 9. The Morgan fingerprint density at radius 2 is 2.00 bits per heavy atom. The van der Waals surface area contributed by atoms with Gasteiger partial charge in [0.15, 0.2) is 0 Å². The Balaban J connectivity index is 2.22. The molecular weight excluding hydrogens is 239 g/mol. The lowest BCUT2D eigenvalue weighted by Gasteiger charge is -2.07. The number of carbonyl (C=O) groups is 1. The highest BCUT2D eigenvalue weighted by Gasteiger charge is 2.01. The molecule has 0 N–H and O–H groups in total. The number of methoxy groups -OCH3 is 1. The van der Waals surface area contributed by atoms with Crippen molar-refractivity contribution in [2.24, 2.45) is 0 Å². The fourth-order valence-corrected chi connectivity index (χ4v) is 1.33. The summed E-state index contributed by atoms with van der Waals surface area (Å²) in [4.78, 5) is 10.5. The van der Waals surface area contributed by atoms with E-state index >= 15 is 0 Å². The molecule has 0 heterocycles. The lowest BCUT2D eigenvalue weighted by molar-refractivity contribution is 0.0644. The molecule has 0 bridgehead atoms. The quantitative estimate of drug-likeness (QED) is 0.501. The van der Waals surface area contributed by atoms with Crippen LogP contribution in [-0.4, -0.2) is 39.8 Å². The van der Waals surface area contributed by atoms with Crippen LogP contribution in [0.2, 0.25) is 0 Å². The third kappa shape index (κ3) is 5.75. The molecule has 1 aromatic rings. The van der Waals surface area contributed by atoms with Gasteiger partial charge in [-0.15, -0.1) is 0 Å². The van der Waals surface area contributed by atoms with Gasteiger partial charge in [0.25, 0.3) is 0 Å². The second-order valence-corrected chi connectivity index (χ2v) is 3.65. The smallest absolute Gasteiger partial charge is 0.150 e. The van der Waals surface area contributed by atoms with E-state index in [1.54, 1.807) is 7.11 Å². The molecule has 0 aliphatic carbocycles. The zero-order chi connectivity index (χ0) is 13.2. The summed E-state index contributed by atoms with van der Waals surface area (Å²) in [5, 5.41) is 0. The summed E-state index contributed by atoms with van der Waals surface area (Å²) in [6, 6.07) is 3.91. The largest absolute Gasteiger partial charge is 0.493 e. The highest BCUT2D eigenvalue weighted by Crippen LogP contribution is 2.15. The summed E-state index contributed by atoms with van der Waals surface area (Å²) in [7, 11) is 1.61. The number of benzene rings is 1. The first-order chi connectivity index (χ1) is 8.76. The molecule has 5 heteroatoms. The van der Waals surface area contributed by atoms with Crippen molar-refractivity contribution in [1.82, 2.24) is 0 Å². The molecule has 1 rings (SSSR count). The maximum absolute atomic E-state index is 13.1. The van der Waals surface area contributed by atoms with E-state index in [-0.39, 0.29) is 5.56 Å². The number of aldehydes is 1. The van der Waals surface area contributed by atoms with E-state index < -0.39 is 5.82 Å². The number of halogens is 1. The van der Waals surface area contributed by atoms with E-state index in [9.17, 15) is 9.18 Å². The molecule has 0 saturated heterocycles. The standard InChI is InChI=1S/C13H17FO4/c1-16-5-6-17-3-2-4-18-13-8-11(10-15)7-12(14)9-13/h7-10H,2-6H2,1H3. The van der Waals surface area contributed by atoms with E-state index in [0.717, 1.165) is 6.07 Å². The third-order valence-electron chi connectivity index (χ3n) is 2.16. The number of hydrogen-bond acceptors (Lipinski definition) is 4. The first-order valence-corrected chi connectivity index (χ1v) is 5.71. The molecule has 0 aliphatic heterocycles. The lowest BCUT2D eigenvalue weighted by atomic mass is 10.2. The summed E-state index contributed by atoms with van der Waals surface area (Å²) < 4.78 is 28.4. The molecule has 4 nitrogen and oxygen atoms in total. The monoisotopic (exact) mass is 256 g/mol. The predicted molar refractivity (Wildman–Crippen MR) is 64.6 cm³/mol. The summed E-state index contributed by atoms with van der Waals surface area (Å²) in [5.41, 5.74) is 0.265. The van der Waals surface area contributed by atoms with E-state index in [2.05, 4.69) is 0 Å². The molecule has 100 valence electrons. The van der Waals surface area contributed by atoms with E-state index in [4.69, 9.17) is 14.2 Å². The molecule has 0 fully saturated rings. The van der Waals surface area contributed by atoms with Crippen molar-refractivity contribution in [2.45, 2.75) is 6.42 Å². The van der Waals surface area contributed by atoms with Gasteiger partial charge in [0.1, 0.15) is 17.9 Å². The number of ether oxygens (including phenoxy) is 3. The normalized spacial score (nSPS) is 10.3. The molecule has 1 aromatic carbocycles. The van der Waals surface area contributed by atoms with Crippen LogP contribution >= 0.6 is 0 Å². The Bertz CT molecular complexity index is 368. The van der Waals surface area contributed by atoms with Crippen molar-refractivity contribution in [3.05, 3.63) is 29.6 Å². The zero-order valence-electron chi connectivity index (χ0n) is 10.4. The van der Waals surface area contributed by atoms with E-state index in [1.807, 2.05) is 0 Å². The second kappa shape index (κ2) is 8.60. The maximum Gasteiger partial charge on any atom is 0.150 e. The van der Waals surface area contributed by atoms with Gasteiger partial charge < -0.3 is 14.2 Å². The highest BCUT2D eigenvalue weighted by molar-refractivity contribution is 5.75. The Hall–Kier alpha value is -1.46. The lowest BCUT2D eigenvalue weighted by Crippen LogP contribution is -2.07. The molecule has 0 radical (unpaired) electrons. The molecule has 0 saturated carbocycles. The van der Waals surface area contributed by atoms with Crippen molar-refractivity contribution < 1.29 is 23.4 Å². The molecule has 0 spiro atoms. The van der Waals surface area contributed by atoms with Gasteiger partial charge >= 0.3 is 0 Å². The van der Waals surface area contributed by atoms with Crippen molar-refractivity contribution in [3.8, 4) is 5.75 Å². The van der Waals surface area contributed by atoms with Crippen LogP contribution in [0.1, 0.15) is 16.8 Å².